The number of aryl methyl sites for hydroxylation is 2. The van der Waals surface area contributed by atoms with Crippen LogP contribution >= 0.6 is 22.6 Å². The van der Waals surface area contributed by atoms with Crippen LogP contribution in [0.15, 0.2) is 30.6 Å². The zero-order valence-electron chi connectivity index (χ0n) is 10.2. The lowest BCUT2D eigenvalue weighted by Gasteiger charge is -2.29. The highest BCUT2D eigenvalue weighted by atomic mass is 127. The van der Waals surface area contributed by atoms with Crippen molar-refractivity contribution in [1.29, 1.82) is 0 Å². The lowest BCUT2D eigenvalue weighted by molar-refractivity contribution is 0.749. The zero-order chi connectivity index (χ0) is 12.5. The molecule has 0 bridgehead atoms. The standard InChI is InChI=1S/C14H14IN3/c1-10-4-5-13-11(7-10)3-2-6-18(13)14-16-8-12(15)9-17-14/h4-5,7-9H,2-3,6H2,1H3. The summed E-state index contributed by atoms with van der Waals surface area (Å²) in [6.45, 7) is 3.14. The zero-order valence-corrected chi connectivity index (χ0v) is 12.4. The van der Waals surface area contributed by atoms with E-state index in [2.05, 4.69) is 62.6 Å². The Morgan fingerprint density at radius 3 is 2.78 bits per heavy atom. The maximum Gasteiger partial charge on any atom is 0.229 e. The highest BCUT2D eigenvalue weighted by Gasteiger charge is 2.19. The SMILES string of the molecule is Cc1ccc2c(c1)CCCN2c1ncc(I)cn1. The van der Waals surface area contributed by atoms with E-state index in [0.717, 1.165) is 28.9 Å². The number of anilines is 2. The van der Waals surface area contributed by atoms with Gasteiger partial charge in [0.25, 0.3) is 0 Å². The predicted octanol–water partition coefficient (Wildman–Crippen LogP) is 3.47. The Morgan fingerprint density at radius 1 is 1.22 bits per heavy atom. The van der Waals surface area contributed by atoms with E-state index < -0.39 is 0 Å². The Morgan fingerprint density at radius 2 is 2.00 bits per heavy atom. The molecule has 1 aliphatic heterocycles. The van der Waals surface area contributed by atoms with Crippen molar-refractivity contribution in [2.45, 2.75) is 19.8 Å². The second kappa shape index (κ2) is 4.84. The van der Waals surface area contributed by atoms with Crippen LogP contribution in [0.3, 0.4) is 0 Å². The first-order valence-electron chi connectivity index (χ1n) is 6.08. The molecule has 0 unspecified atom stereocenters. The highest BCUT2D eigenvalue weighted by molar-refractivity contribution is 14.1. The summed E-state index contributed by atoms with van der Waals surface area (Å²) < 4.78 is 1.07. The summed E-state index contributed by atoms with van der Waals surface area (Å²) in [4.78, 5) is 11.1. The van der Waals surface area contributed by atoms with Gasteiger partial charge in [-0.05, 0) is 54.0 Å². The van der Waals surface area contributed by atoms with Gasteiger partial charge in [-0.25, -0.2) is 9.97 Å². The van der Waals surface area contributed by atoms with Crippen molar-refractivity contribution in [2.75, 3.05) is 11.4 Å². The molecule has 0 saturated carbocycles. The topological polar surface area (TPSA) is 29.0 Å². The molecule has 0 saturated heterocycles. The van der Waals surface area contributed by atoms with Gasteiger partial charge in [0.1, 0.15) is 0 Å². The lowest BCUT2D eigenvalue weighted by atomic mass is 10.00. The fourth-order valence-corrected chi connectivity index (χ4v) is 2.66. The third-order valence-electron chi connectivity index (χ3n) is 3.20. The second-order valence-corrected chi connectivity index (χ2v) is 5.83. The van der Waals surface area contributed by atoms with Crippen molar-refractivity contribution in [2.24, 2.45) is 0 Å². The van der Waals surface area contributed by atoms with Crippen molar-refractivity contribution < 1.29 is 0 Å². The molecule has 0 aliphatic carbocycles. The summed E-state index contributed by atoms with van der Waals surface area (Å²) >= 11 is 2.23. The first-order chi connectivity index (χ1) is 8.74. The highest BCUT2D eigenvalue weighted by Crippen LogP contribution is 2.31. The minimum Gasteiger partial charge on any atom is -0.310 e. The number of benzene rings is 1. The van der Waals surface area contributed by atoms with Crippen molar-refractivity contribution in [1.82, 2.24) is 9.97 Å². The quantitative estimate of drug-likeness (QED) is 0.737. The molecule has 2 aromatic rings. The Labute approximate surface area is 120 Å². The monoisotopic (exact) mass is 351 g/mol. The van der Waals surface area contributed by atoms with Gasteiger partial charge in [-0.15, -0.1) is 0 Å². The summed E-state index contributed by atoms with van der Waals surface area (Å²) in [6.07, 6.45) is 6.04. The normalized spacial score (nSPS) is 14.4. The van der Waals surface area contributed by atoms with Crippen LogP contribution in [0.5, 0.6) is 0 Å². The van der Waals surface area contributed by atoms with Gasteiger partial charge in [-0.1, -0.05) is 17.7 Å². The molecule has 0 fully saturated rings. The fraction of sp³-hybridized carbons (Fsp3) is 0.286. The van der Waals surface area contributed by atoms with Crippen molar-refractivity contribution in [3.05, 3.63) is 45.3 Å². The minimum atomic E-state index is 0.806. The molecule has 92 valence electrons. The van der Waals surface area contributed by atoms with E-state index in [1.54, 1.807) is 0 Å². The van der Waals surface area contributed by atoms with E-state index in [9.17, 15) is 0 Å². The van der Waals surface area contributed by atoms with Crippen LogP contribution in [0, 0.1) is 10.5 Å². The summed E-state index contributed by atoms with van der Waals surface area (Å²) in [5, 5.41) is 0. The molecule has 0 amide bonds. The molecule has 1 aromatic carbocycles. The first-order valence-corrected chi connectivity index (χ1v) is 7.16. The van der Waals surface area contributed by atoms with Crippen molar-refractivity contribution in [3.8, 4) is 0 Å². The summed E-state index contributed by atoms with van der Waals surface area (Å²) in [5.74, 6) is 0.806. The summed E-state index contributed by atoms with van der Waals surface area (Å²) in [5.41, 5.74) is 3.98. The van der Waals surface area contributed by atoms with Gasteiger partial charge in [0.05, 0.1) is 0 Å². The first kappa shape index (κ1) is 11.9. The van der Waals surface area contributed by atoms with Gasteiger partial charge in [0.2, 0.25) is 5.95 Å². The van der Waals surface area contributed by atoms with E-state index in [4.69, 9.17) is 0 Å². The van der Waals surface area contributed by atoms with Gasteiger partial charge in [0.15, 0.2) is 0 Å². The molecule has 1 aliphatic rings. The molecule has 0 radical (unpaired) electrons. The largest absolute Gasteiger partial charge is 0.310 e. The molecular weight excluding hydrogens is 337 g/mol. The Balaban J connectivity index is 2.03. The molecule has 0 spiro atoms. The van der Waals surface area contributed by atoms with Gasteiger partial charge in [-0.3, -0.25) is 0 Å². The van der Waals surface area contributed by atoms with E-state index in [1.165, 1.54) is 16.8 Å². The summed E-state index contributed by atoms with van der Waals surface area (Å²) in [6, 6.07) is 6.61. The average Bonchev–Trinajstić information content (AvgIpc) is 2.38. The van der Waals surface area contributed by atoms with Gasteiger partial charge < -0.3 is 4.90 Å². The number of halogens is 1. The predicted molar refractivity (Wildman–Crippen MR) is 81.3 cm³/mol. The Kier molecular flexibility index (Phi) is 3.20. The third-order valence-corrected chi connectivity index (χ3v) is 3.76. The molecule has 4 heteroatoms. The molecule has 0 N–H and O–H groups in total. The number of hydrogen-bond donors (Lipinski definition) is 0. The molecular formula is C14H14IN3. The second-order valence-electron chi connectivity index (χ2n) is 4.59. The van der Waals surface area contributed by atoms with Crippen LogP contribution in [-0.2, 0) is 6.42 Å². The molecule has 3 nitrogen and oxygen atoms in total. The van der Waals surface area contributed by atoms with Crippen molar-refractivity contribution in [3.63, 3.8) is 0 Å². The third kappa shape index (κ3) is 2.21. The van der Waals surface area contributed by atoms with Crippen LogP contribution < -0.4 is 4.90 Å². The summed E-state index contributed by atoms with van der Waals surface area (Å²) in [7, 11) is 0. The van der Waals surface area contributed by atoms with Crippen LogP contribution in [0.2, 0.25) is 0 Å². The van der Waals surface area contributed by atoms with Crippen LogP contribution in [0.25, 0.3) is 0 Å². The van der Waals surface area contributed by atoms with Crippen LogP contribution in [0.4, 0.5) is 11.6 Å². The maximum absolute atomic E-state index is 4.43. The number of rotatable bonds is 1. The van der Waals surface area contributed by atoms with Gasteiger partial charge >= 0.3 is 0 Å². The van der Waals surface area contributed by atoms with Gasteiger partial charge in [-0.2, -0.15) is 0 Å². The lowest BCUT2D eigenvalue weighted by Crippen LogP contribution is -2.26. The van der Waals surface area contributed by atoms with Gasteiger partial charge in [0, 0.05) is 28.2 Å². The number of fused-ring (bicyclic) bond motifs is 1. The van der Waals surface area contributed by atoms with E-state index in [-0.39, 0.29) is 0 Å². The maximum atomic E-state index is 4.43. The minimum absolute atomic E-state index is 0.806. The Hall–Kier alpha value is -1.17. The molecule has 3 rings (SSSR count). The average molecular weight is 351 g/mol. The molecule has 0 atom stereocenters. The van der Waals surface area contributed by atoms with E-state index in [0.29, 0.717) is 0 Å². The Bertz CT molecular complexity index is 566. The molecule has 18 heavy (non-hydrogen) atoms. The smallest absolute Gasteiger partial charge is 0.229 e. The number of nitrogens with zero attached hydrogens (tertiary/aromatic N) is 3. The number of aromatic nitrogens is 2. The van der Waals surface area contributed by atoms with Crippen LogP contribution in [-0.4, -0.2) is 16.5 Å². The molecule has 1 aromatic heterocycles. The van der Waals surface area contributed by atoms with Crippen LogP contribution in [0.1, 0.15) is 17.5 Å². The van der Waals surface area contributed by atoms with E-state index >= 15 is 0 Å². The number of hydrogen-bond acceptors (Lipinski definition) is 3. The van der Waals surface area contributed by atoms with Crippen molar-refractivity contribution >= 4 is 34.2 Å². The molecule has 2 heterocycles. The van der Waals surface area contributed by atoms with E-state index in [1.807, 2.05) is 12.4 Å². The fourth-order valence-electron chi connectivity index (χ4n) is 2.38.